The number of rotatable bonds is 2. The van der Waals surface area contributed by atoms with E-state index in [1.807, 2.05) is 23.1 Å². The van der Waals surface area contributed by atoms with Gasteiger partial charge in [-0.3, -0.25) is 9.79 Å². The van der Waals surface area contributed by atoms with E-state index in [4.69, 9.17) is 0 Å². The molecule has 144 valence electrons. The number of nitrogens with zero attached hydrogens (tertiary/aromatic N) is 3. The molecule has 1 saturated heterocycles. The van der Waals surface area contributed by atoms with E-state index >= 15 is 0 Å². The lowest BCUT2D eigenvalue weighted by Crippen LogP contribution is -2.72. The molecule has 0 bridgehead atoms. The van der Waals surface area contributed by atoms with E-state index in [9.17, 15) is 4.79 Å². The summed E-state index contributed by atoms with van der Waals surface area (Å²) in [6.45, 7) is 11.0. The van der Waals surface area contributed by atoms with E-state index in [-0.39, 0.29) is 47.4 Å². The fourth-order valence-electron chi connectivity index (χ4n) is 3.74. The van der Waals surface area contributed by atoms with Crippen molar-refractivity contribution in [3.8, 4) is 0 Å². The number of amides is 1. The molecule has 2 heterocycles. The Bertz CT molecular complexity index is 699. The van der Waals surface area contributed by atoms with Gasteiger partial charge in [0.2, 0.25) is 5.91 Å². The predicted molar refractivity (Wildman–Crippen MR) is 118 cm³/mol. The Morgan fingerprint density at radius 1 is 1.23 bits per heavy atom. The van der Waals surface area contributed by atoms with Gasteiger partial charge in [0.1, 0.15) is 0 Å². The maximum atomic E-state index is 12.8. The monoisotopic (exact) mass is 470 g/mol. The summed E-state index contributed by atoms with van der Waals surface area (Å²) in [6, 6.07) is 8.20. The van der Waals surface area contributed by atoms with Gasteiger partial charge >= 0.3 is 0 Å². The summed E-state index contributed by atoms with van der Waals surface area (Å²) in [7, 11) is 1.78. The first kappa shape index (κ1) is 21.0. The molecule has 0 unspecified atom stereocenters. The lowest BCUT2D eigenvalue weighted by molar-refractivity contribution is -0.117. The summed E-state index contributed by atoms with van der Waals surface area (Å²) < 4.78 is 0. The maximum absolute atomic E-state index is 12.8. The van der Waals surface area contributed by atoms with E-state index in [1.165, 1.54) is 5.56 Å². The van der Waals surface area contributed by atoms with Crippen LogP contribution in [0.15, 0.2) is 29.3 Å². The summed E-state index contributed by atoms with van der Waals surface area (Å²) in [4.78, 5) is 21.3. The zero-order valence-electron chi connectivity index (χ0n) is 16.5. The number of aliphatic imine (C=N–C) groups is 1. The third-order valence-corrected chi connectivity index (χ3v) is 6.16. The molecule has 0 aromatic heterocycles. The largest absolute Gasteiger partial charge is 0.347 e. The Labute approximate surface area is 174 Å². The Kier molecular flexibility index (Phi) is 6.25. The predicted octanol–water partition coefficient (Wildman–Crippen LogP) is 3.28. The molecule has 0 saturated carbocycles. The smallest absolute Gasteiger partial charge is 0.246 e. The third kappa shape index (κ3) is 3.57. The summed E-state index contributed by atoms with van der Waals surface area (Å²) in [5.74, 6) is 0.911. The quantitative estimate of drug-likeness (QED) is 0.410. The number of guanidine groups is 1. The highest BCUT2D eigenvalue weighted by atomic mass is 127. The van der Waals surface area contributed by atoms with Gasteiger partial charge in [0, 0.05) is 36.8 Å². The molecule has 1 amide bonds. The molecule has 3 rings (SSSR count). The van der Waals surface area contributed by atoms with Crippen molar-refractivity contribution in [2.75, 3.05) is 31.6 Å². The van der Waals surface area contributed by atoms with Crippen molar-refractivity contribution in [3.63, 3.8) is 0 Å². The summed E-state index contributed by atoms with van der Waals surface area (Å²) in [6.07, 6.45) is 2.07. The molecule has 0 aliphatic carbocycles. The molecule has 2 aliphatic rings. The van der Waals surface area contributed by atoms with Crippen LogP contribution in [0.4, 0.5) is 5.69 Å². The minimum Gasteiger partial charge on any atom is -0.347 e. The number of benzene rings is 1. The van der Waals surface area contributed by atoms with Gasteiger partial charge in [0.25, 0.3) is 0 Å². The third-order valence-electron chi connectivity index (χ3n) is 6.16. The average molecular weight is 470 g/mol. The lowest BCUT2D eigenvalue weighted by atomic mass is 9.65. The van der Waals surface area contributed by atoms with Gasteiger partial charge in [-0.15, -0.1) is 24.0 Å². The van der Waals surface area contributed by atoms with E-state index in [1.54, 1.807) is 7.05 Å². The highest BCUT2D eigenvalue weighted by molar-refractivity contribution is 14.0. The highest BCUT2D eigenvalue weighted by Gasteiger charge is 2.53. The van der Waals surface area contributed by atoms with Gasteiger partial charge in [-0.1, -0.05) is 32.0 Å². The van der Waals surface area contributed by atoms with Crippen LogP contribution in [0.25, 0.3) is 0 Å². The number of carbonyl (C=O) groups excluding carboxylic acids is 1. The minimum atomic E-state index is 0. The Morgan fingerprint density at radius 3 is 2.54 bits per heavy atom. The number of nitrogens with one attached hydrogen (secondary N) is 1. The Morgan fingerprint density at radius 2 is 1.92 bits per heavy atom. The van der Waals surface area contributed by atoms with Gasteiger partial charge in [0.05, 0.1) is 6.54 Å². The number of halogens is 1. The van der Waals surface area contributed by atoms with Crippen LogP contribution < -0.4 is 10.2 Å². The Balaban J connectivity index is 0.00000243. The summed E-state index contributed by atoms with van der Waals surface area (Å²) >= 11 is 0. The molecule has 1 aromatic rings. The van der Waals surface area contributed by atoms with Gasteiger partial charge in [-0.05, 0) is 38.3 Å². The molecule has 1 aromatic carbocycles. The second-order valence-electron chi connectivity index (χ2n) is 8.21. The minimum absolute atomic E-state index is 0. The molecule has 1 fully saturated rings. The van der Waals surface area contributed by atoms with E-state index in [0.717, 1.165) is 37.6 Å². The number of anilines is 1. The van der Waals surface area contributed by atoms with Crippen molar-refractivity contribution in [2.24, 2.45) is 10.4 Å². The van der Waals surface area contributed by atoms with E-state index < -0.39 is 0 Å². The number of aryl methyl sites for hydroxylation is 1. The van der Waals surface area contributed by atoms with Crippen LogP contribution in [-0.4, -0.2) is 49.0 Å². The highest BCUT2D eigenvalue weighted by Crippen LogP contribution is 2.46. The number of likely N-dealkylation sites (tertiary alicyclic amines) is 1. The molecular weight excluding hydrogens is 439 g/mol. The second-order valence-corrected chi connectivity index (χ2v) is 8.21. The molecule has 26 heavy (non-hydrogen) atoms. The topological polar surface area (TPSA) is 47.9 Å². The fourth-order valence-corrected chi connectivity index (χ4v) is 3.74. The molecule has 5 nitrogen and oxygen atoms in total. The first-order valence-electron chi connectivity index (χ1n) is 9.14. The Hall–Kier alpha value is -1.31. The van der Waals surface area contributed by atoms with Crippen molar-refractivity contribution in [3.05, 3.63) is 29.8 Å². The van der Waals surface area contributed by atoms with Crippen LogP contribution in [-0.2, 0) is 11.2 Å². The van der Waals surface area contributed by atoms with Crippen LogP contribution in [0.5, 0.6) is 0 Å². The van der Waals surface area contributed by atoms with Gasteiger partial charge < -0.3 is 15.1 Å². The molecule has 2 aliphatic heterocycles. The molecule has 0 spiro atoms. The lowest BCUT2D eigenvalue weighted by Gasteiger charge is -2.62. The van der Waals surface area contributed by atoms with Crippen LogP contribution in [0, 0.1) is 5.41 Å². The van der Waals surface area contributed by atoms with Crippen molar-refractivity contribution in [1.82, 2.24) is 10.2 Å². The molecule has 1 N–H and O–H groups in total. The fraction of sp³-hybridized carbons (Fsp3) is 0.600. The van der Waals surface area contributed by atoms with Crippen LogP contribution >= 0.6 is 24.0 Å². The number of carbonyl (C=O) groups is 1. The van der Waals surface area contributed by atoms with Gasteiger partial charge in [-0.2, -0.15) is 0 Å². The number of fused-ring (bicyclic) bond motifs is 1. The summed E-state index contributed by atoms with van der Waals surface area (Å²) in [5.41, 5.74) is 2.58. The second kappa shape index (κ2) is 7.74. The van der Waals surface area contributed by atoms with Crippen LogP contribution in [0.2, 0.25) is 0 Å². The first-order chi connectivity index (χ1) is 11.8. The van der Waals surface area contributed by atoms with Crippen molar-refractivity contribution < 1.29 is 4.79 Å². The number of hydrogen-bond acceptors (Lipinski definition) is 2. The number of hydrogen-bond donors (Lipinski definition) is 1. The average Bonchev–Trinajstić information content (AvgIpc) is 2.60. The molecular formula is C20H31IN4O. The molecule has 0 radical (unpaired) electrons. The van der Waals surface area contributed by atoms with Crippen LogP contribution in [0.1, 0.15) is 39.7 Å². The van der Waals surface area contributed by atoms with Crippen molar-refractivity contribution in [1.29, 1.82) is 0 Å². The molecule has 6 heteroatoms. The summed E-state index contributed by atoms with van der Waals surface area (Å²) in [5, 5.41) is 3.28. The van der Waals surface area contributed by atoms with Crippen molar-refractivity contribution in [2.45, 2.75) is 46.1 Å². The van der Waals surface area contributed by atoms with Gasteiger partial charge in [0.15, 0.2) is 5.96 Å². The van der Waals surface area contributed by atoms with Crippen molar-refractivity contribution >= 4 is 41.5 Å². The van der Waals surface area contributed by atoms with Crippen LogP contribution in [0.3, 0.4) is 0 Å². The zero-order valence-corrected chi connectivity index (χ0v) is 18.8. The zero-order chi connectivity index (χ0) is 18.2. The normalized spacial score (nSPS) is 20.6. The standard InChI is InChI=1S/C20H30N4O.HI/c1-19(2)14-24(20(19,3)4)18(21-5)22-13-17(25)23-12-8-10-15-9-6-7-11-16(15)23;/h6-7,9,11H,8,10,12-14H2,1-5H3,(H,21,22);1H. The first-order valence-corrected chi connectivity index (χ1v) is 9.14. The number of para-hydroxylation sites is 1. The SMILES string of the molecule is CN=C(NCC(=O)N1CCCc2ccccc21)N1CC(C)(C)C1(C)C.I. The maximum Gasteiger partial charge on any atom is 0.246 e. The van der Waals surface area contributed by atoms with Gasteiger partial charge in [-0.25, -0.2) is 0 Å². The van der Waals surface area contributed by atoms with E-state index in [0.29, 0.717) is 0 Å². The van der Waals surface area contributed by atoms with E-state index in [2.05, 4.69) is 49.0 Å². The molecule has 0 atom stereocenters.